The fourth-order valence-corrected chi connectivity index (χ4v) is 5.29. The molecule has 0 aliphatic heterocycles. The van der Waals surface area contributed by atoms with E-state index in [-0.39, 0.29) is 29.1 Å². The lowest BCUT2D eigenvalue weighted by Gasteiger charge is -2.30. The molecule has 0 spiro atoms. The third-order valence-corrected chi connectivity index (χ3v) is 7.70. The molecule has 1 aromatic carbocycles. The first-order valence-corrected chi connectivity index (χ1v) is 14.3. The van der Waals surface area contributed by atoms with Crippen molar-refractivity contribution in [1.82, 2.24) is 24.9 Å². The molecule has 2 aliphatic carbocycles. The number of carbonyl (C=O) groups excluding carboxylic acids is 2. The zero-order valence-electron chi connectivity index (χ0n) is 22.4. The third kappa shape index (κ3) is 6.41. The Morgan fingerprint density at radius 1 is 0.927 bits per heavy atom. The van der Waals surface area contributed by atoms with Crippen molar-refractivity contribution in [2.24, 2.45) is 5.73 Å². The summed E-state index contributed by atoms with van der Waals surface area (Å²) in [4.78, 5) is 34.3. The molecular weight excluding hydrogens is 542 g/mol. The maximum absolute atomic E-state index is 13.2. The van der Waals surface area contributed by atoms with Crippen molar-refractivity contribution in [2.75, 3.05) is 16.0 Å². The molecule has 2 amide bonds. The molecule has 3 heterocycles. The van der Waals surface area contributed by atoms with E-state index in [4.69, 9.17) is 22.4 Å². The maximum Gasteiger partial charge on any atom is 0.276 e. The Morgan fingerprint density at radius 2 is 1.63 bits per heavy atom. The number of nitrogens with two attached hydrogens (primary N) is 1. The van der Waals surface area contributed by atoms with Crippen LogP contribution in [0, 0.1) is 0 Å². The second-order valence-electron chi connectivity index (χ2n) is 10.7. The van der Waals surface area contributed by atoms with E-state index < -0.39 is 6.04 Å². The number of hydrogen-bond acceptors (Lipinski definition) is 8. The van der Waals surface area contributed by atoms with Crippen molar-refractivity contribution in [3.63, 3.8) is 0 Å². The first-order valence-electron chi connectivity index (χ1n) is 13.9. The zero-order chi connectivity index (χ0) is 28.3. The van der Waals surface area contributed by atoms with E-state index >= 15 is 0 Å². The molecule has 0 bridgehead atoms. The van der Waals surface area contributed by atoms with Gasteiger partial charge in [-0.25, -0.2) is 14.5 Å². The molecule has 2 aliphatic rings. The van der Waals surface area contributed by atoms with Gasteiger partial charge in [-0.3, -0.25) is 9.59 Å². The molecule has 41 heavy (non-hydrogen) atoms. The van der Waals surface area contributed by atoms with Crippen molar-refractivity contribution in [2.45, 2.75) is 62.7 Å². The van der Waals surface area contributed by atoms with Gasteiger partial charge >= 0.3 is 0 Å². The van der Waals surface area contributed by atoms with Crippen LogP contribution in [0.5, 0.6) is 0 Å². The topological polar surface area (TPSA) is 151 Å². The molecule has 1 atom stereocenters. The Balaban J connectivity index is 1.13. The number of carbonyl (C=O) groups is 2. The molecule has 2 fully saturated rings. The second kappa shape index (κ2) is 11.7. The van der Waals surface area contributed by atoms with Crippen molar-refractivity contribution < 1.29 is 9.59 Å². The Bertz CT molecular complexity index is 1550. The lowest BCUT2D eigenvalue weighted by atomic mass is 9.90. The number of halogens is 1. The van der Waals surface area contributed by atoms with Crippen LogP contribution in [0.1, 0.15) is 60.6 Å². The van der Waals surface area contributed by atoms with Crippen LogP contribution in [0.3, 0.4) is 0 Å². The molecule has 0 saturated heterocycles. The van der Waals surface area contributed by atoms with Crippen LogP contribution in [-0.2, 0) is 4.79 Å². The van der Waals surface area contributed by atoms with Crippen LogP contribution in [0.2, 0.25) is 5.15 Å². The summed E-state index contributed by atoms with van der Waals surface area (Å²) in [5.74, 6) is 0.139. The number of rotatable bonds is 9. The van der Waals surface area contributed by atoms with Crippen LogP contribution in [0.4, 0.5) is 17.2 Å². The van der Waals surface area contributed by atoms with Crippen molar-refractivity contribution in [3.05, 3.63) is 77.3 Å². The normalized spacial score (nSPS) is 19.4. The summed E-state index contributed by atoms with van der Waals surface area (Å²) in [6, 6.07) is 14.6. The highest BCUT2D eigenvalue weighted by atomic mass is 35.5. The van der Waals surface area contributed by atoms with E-state index in [1.165, 1.54) is 12.4 Å². The van der Waals surface area contributed by atoms with Gasteiger partial charge in [0.15, 0.2) is 11.3 Å². The van der Waals surface area contributed by atoms with Gasteiger partial charge in [0.05, 0.1) is 11.9 Å². The van der Waals surface area contributed by atoms with Crippen molar-refractivity contribution in [3.8, 4) is 0 Å². The summed E-state index contributed by atoms with van der Waals surface area (Å²) in [6.07, 6.45) is 8.61. The van der Waals surface area contributed by atoms with Gasteiger partial charge in [0, 0.05) is 36.1 Å². The minimum atomic E-state index is -0.683. The van der Waals surface area contributed by atoms with Gasteiger partial charge in [0.1, 0.15) is 17.0 Å². The predicted octanol–water partition coefficient (Wildman–Crippen LogP) is 4.14. The highest BCUT2D eigenvalue weighted by molar-refractivity contribution is 6.29. The van der Waals surface area contributed by atoms with Crippen LogP contribution in [0.15, 0.2) is 60.9 Å². The van der Waals surface area contributed by atoms with E-state index in [9.17, 15) is 9.59 Å². The van der Waals surface area contributed by atoms with Crippen LogP contribution >= 0.6 is 11.6 Å². The highest BCUT2D eigenvalue weighted by Gasteiger charge is 2.27. The lowest BCUT2D eigenvalue weighted by molar-refractivity contribution is -0.123. The van der Waals surface area contributed by atoms with Gasteiger partial charge in [-0.1, -0.05) is 41.9 Å². The molecule has 11 nitrogen and oxygen atoms in total. The largest absolute Gasteiger partial charge is 0.379 e. The van der Waals surface area contributed by atoms with Gasteiger partial charge in [-0.05, 0) is 56.2 Å². The Morgan fingerprint density at radius 3 is 2.37 bits per heavy atom. The zero-order valence-corrected chi connectivity index (χ0v) is 23.1. The summed E-state index contributed by atoms with van der Waals surface area (Å²) < 4.78 is 1.57. The molecule has 2 saturated carbocycles. The SMILES string of the molecule is N[C@H](C(=O)NC1CCC(Nc2cc(NC3CC3)c3ncc(C(=O)Nc4ccnc(Cl)c4)n3n2)CC1)c1ccccc1. The number of amides is 2. The third-order valence-electron chi connectivity index (χ3n) is 7.49. The summed E-state index contributed by atoms with van der Waals surface area (Å²) in [5, 5.41) is 18.1. The maximum atomic E-state index is 13.2. The lowest BCUT2D eigenvalue weighted by Crippen LogP contribution is -2.44. The Labute approximate surface area is 242 Å². The number of anilines is 3. The Hall–Kier alpha value is -4.22. The molecular formula is C29H32ClN9O2. The quantitative estimate of drug-likeness (QED) is 0.187. The van der Waals surface area contributed by atoms with E-state index in [0.717, 1.165) is 49.8 Å². The average Bonchev–Trinajstić information content (AvgIpc) is 3.69. The molecule has 4 aromatic rings. The minimum Gasteiger partial charge on any atom is -0.379 e. The van der Waals surface area contributed by atoms with E-state index in [2.05, 4.69) is 31.2 Å². The fourth-order valence-electron chi connectivity index (χ4n) is 5.12. The van der Waals surface area contributed by atoms with Gasteiger partial charge in [0.2, 0.25) is 5.91 Å². The number of pyridine rings is 1. The van der Waals surface area contributed by atoms with Gasteiger partial charge in [-0.2, -0.15) is 0 Å². The number of aromatic nitrogens is 4. The standard InChI is InChI=1S/C29H32ClN9O2/c30-24-14-21(12-13-32-24)37-28(40)23-16-33-27-22(34-18-6-7-18)15-25(38-39(23)27)35-19-8-10-20(11-9-19)36-29(41)26(31)17-4-2-1-3-5-17/h1-5,12-16,18-20,26,34H,6-11,31H2,(H,35,38)(H,36,41)(H,32,37,40)/t19?,20?,26-/m0/s1. The monoisotopic (exact) mass is 573 g/mol. The molecule has 212 valence electrons. The molecule has 6 rings (SSSR count). The Kier molecular flexibility index (Phi) is 7.71. The summed E-state index contributed by atoms with van der Waals surface area (Å²) >= 11 is 5.97. The predicted molar refractivity (Wildman–Crippen MR) is 158 cm³/mol. The number of nitrogens with one attached hydrogen (secondary N) is 4. The second-order valence-corrected chi connectivity index (χ2v) is 11.0. The van der Waals surface area contributed by atoms with Crippen LogP contribution in [-0.4, -0.2) is 49.5 Å². The summed E-state index contributed by atoms with van der Waals surface area (Å²) in [6.45, 7) is 0. The molecule has 0 unspecified atom stereocenters. The number of imidazole rings is 1. The van der Waals surface area contributed by atoms with E-state index in [0.29, 0.717) is 28.9 Å². The molecule has 0 radical (unpaired) electrons. The van der Waals surface area contributed by atoms with Gasteiger partial charge in [0.25, 0.3) is 5.91 Å². The first kappa shape index (κ1) is 27.0. The highest BCUT2D eigenvalue weighted by Crippen LogP contribution is 2.30. The first-order chi connectivity index (χ1) is 19.9. The molecule has 3 aromatic heterocycles. The van der Waals surface area contributed by atoms with Gasteiger partial charge in [-0.15, -0.1) is 5.10 Å². The number of hydrogen-bond donors (Lipinski definition) is 5. The molecule has 6 N–H and O–H groups in total. The number of fused-ring (bicyclic) bond motifs is 1. The minimum absolute atomic E-state index is 0.0727. The summed E-state index contributed by atoms with van der Waals surface area (Å²) in [7, 11) is 0. The van der Waals surface area contributed by atoms with Crippen molar-refractivity contribution >= 4 is 46.3 Å². The summed E-state index contributed by atoms with van der Waals surface area (Å²) in [5.41, 5.74) is 9.22. The smallest absolute Gasteiger partial charge is 0.276 e. The van der Waals surface area contributed by atoms with Gasteiger partial charge < -0.3 is 27.0 Å². The van der Waals surface area contributed by atoms with E-state index in [1.54, 1.807) is 16.6 Å². The number of nitrogens with zero attached hydrogens (tertiary/aromatic N) is 4. The van der Waals surface area contributed by atoms with Crippen LogP contribution < -0.4 is 27.0 Å². The van der Waals surface area contributed by atoms with Crippen LogP contribution in [0.25, 0.3) is 5.65 Å². The number of benzene rings is 1. The fraction of sp³-hybridized carbons (Fsp3) is 0.345. The van der Waals surface area contributed by atoms with E-state index in [1.807, 2.05) is 36.4 Å². The average molecular weight is 574 g/mol. The van der Waals surface area contributed by atoms with Crippen molar-refractivity contribution in [1.29, 1.82) is 0 Å². The molecule has 12 heteroatoms.